The maximum Gasteiger partial charge on any atom is 0.263 e. The molecule has 1 aromatic heterocycles. The van der Waals surface area contributed by atoms with Crippen LogP contribution in [0.15, 0.2) is 36.5 Å². The van der Waals surface area contributed by atoms with Crippen LogP contribution >= 0.6 is 0 Å². The Morgan fingerprint density at radius 2 is 1.77 bits per heavy atom. The molecule has 2 fully saturated rings. The third kappa shape index (κ3) is 3.92. The number of carbonyl (C=O) groups excluding carboxylic acids is 1. The van der Waals surface area contributed by atoms with Crippen molar-refractivity contribution in [2.45, 2.75) is 18.9 Å². The molecule has 1 aromatic carbocycles. The van der Waals surface area contributed by atoms with E-state index in [-0.39, 0.29) is 12.0 Å². The molecule has 3 aliphatic heterocycles. The van der Waals surface area contributed by atoms with E-state index in [1.54, 1.807) is 0 Å². The molecule has 4 heterocycles. The van der Waals surface area contributed by atoms with Crippen LogP contribution < -0.4 is 14.5 Å². The minimum atomic E-state index is -0.376. The van der Waals surface area contributed by atoms with Gasteiger partial charge in [0.2, 0.25) is 5.95 Å². The number of ether oxygens (including phenoxy) is 2. The van der Waals surface area contributed by atoms with Gasteiger partial charge in [-0.1, -0.05) is 18.2 Å². The van der Waals surface area contributed by atoms with Crippen LogP contribution in [-0.2, 0) is 16.0 Å². The van der Waals surface area contributed by atoms with Crippen LogP contribution in [-0.4, -0.2) is 79.4 Å². The van der Waals surface area contributed by atoms with E-state index in [9.17, 15) is 4.79 Å². The molecule has 0 bridgehead atoms. The van der Waals surface area contributed by atoms with E-state index in [4.69, 9.17) is 14.5 Å². The van der Waals surface area contributed by atoms with E-state index in [1.807, 2.05) is 35.4 Å². The zero-order valence-electron chi connectivity index (χ0n) is 17.1. The smallest absolute Gasteiger partial charge is 0.263 e. The van der Waals surface area contributed by atoms with Crippen molar-refractivity contribution >= 4 is 17.7 Å². The van der Waals surface area contributed by atoms with Gasteiger partial charge in [-0.05, 0) is 30.5 Å². The van der Waals surface area contributed by atoms with Crippen LogP contribution in [0, 0.1) is 0 Å². The molecule has 2 saturated heterocycles. The first-order valence-corrected chi connectivity index (χ1v) is 10.7. The number of aromatic nitrogens is 2. The molecule has 1 unspecified atom stereocenters. The Balaban J connectivity index is 1.19. The zero-order valence-corrected chi connectivity index (χ0v) is 17.1. The maximum atomic E-state index is 13.0. The molecule has 8 heteroatoms. The van der Waals surface area contributed by atoms with E-state index in [0.29, 0.717) is 26.3 Å². The second kappa shape index (κ2) is 8.47. The van der Waals surface area contributed by atoms with E-state index in [1.165, 1.54) is 5.56 Å². The summed E-state index contributed by atoms with van der Waals surface area (Å²) in [7, 11) is 0. The maximum absolute atomic E-state index is 13.0. The molecule has 1 amide bonds. The molecule has 1 atom stereocenters. The average Bonchev–Trinajstić information content (AvgIpc) is 2.84. The Kier molecular flexibility index (Phi) is 5.40. The van der Waals surface area contributed by atoms with E-state index >= 15 is 0 Å². The normalized spacial score (nSPS) is 21.7. The number of benzene rings is 1. The van der Waals surface area contributed by atoms with Gasteiger partial charge in [-0.3, -0.25) is 4.79 Å². The lowest BCUT2D eigenvalue weighted by Gasteiger charge is -2.38. The molecular weight excluding hydrogens is 382 g/mol. The summed E-state index contributed by atoms with van der Waals surface area (Å²) < 4.78 is 11.4. The first-order valence-electron chi connectivity index (χ1n) is 10.7. The summed E-state index contributed by atoms with van der Waals surface area (Å²) >= 11 is 0. The highest BCUT2D eigenvalue weighted by Crippen LogP contribution is 2.28. The zero-order chi connectivity index (χ0) is 20.3. The number of carbonyl (C=O) groups is 1. The highest BCUT2D eigenvalue weighted by atomic mass is 16.5. The van der Waals surface area contributed by atoms with Crippen LogP contribution in [0.1, 0.15) is 12.0 Å². The van der Waals surface area contributed by atoms with Gasteiger partial charge in [0.1, 0.15) is 11.6 Å². The Hall–Kier alpha value is -2.87. The van der Waals surface area contributed by atoms with Crippen LogP contribution in [0.5, 0.6) is 5.75 Å². The molecule has 0 spiro atoms. The van der Waals surface area contributed by atoms with Crippen LogP contribution in [0.2, 0.25) is 0 Å². The van der Waals surface area contributed by atoms with Crippen molar-refractivity contribution < 1.29 is 14.3 Å². The van der Waals surface area contributed by atoms with Crippen LogP contribution in [0.4, 0.5) is 11.8 Å². The molecule has 30 heavy (non-hydrogen) atoms. The number of hydrogen-bond acceptors (Lipinski definition) is 7. The highest BCUT2D eigenvalue weighted by Gasteiger charge is 2.32. The largest absolute Gasteiger partial charge is 0.480 e. The SMILES string of the molecule is O=C(C1CCc2ccccc2O1)N1CCN(c2ccnc(N3CCOCC3)n2)CC1. The molecule has 0 aliphatic carbocycles. The lowest BCUT2D eigenvalue weighted by Crippen LogP contribution is -2.53. The summed E-state index contributed by atoms with van der Waals surface area (Å²) in [6.45, 7) is 5.92. The van der Waals surface area contributed by atoms with E-state index in [0.717, 1.165) is 56.5 Å². The fraction of sp³-hybridized carbons (Fsp3) is 0.500. The van der Waals surface area contributed by atoms with Gasteiger partial charge in [0, 0.05) is 45.5 Å². The van der Waals surface area contributed by atoms with Gasteiger partial charge in [-0.15, -0.1) is 0 Å². The van der Waals surface area contributed by atoms with Gasteiger partial charge in [0.15, 0.2) is 6.10 Å². The monoisotopic (exact) mass is 409 g/mol. The van der Waals surface area contributed by atoms with Gasteiger partial charge in [-0.25, -0.2) is 4.98 Å². The second-order valence-electron chi connectivity index (χ2n) is 7.88. The first-order chi connectivity index (χ1) is 14.8. The lowest BCUT2D eigenvalue weighted by atomic mass is 10.0. The summed E-state index contributed by atoms with van der Waals surface area (Å²) in [5.41, 5.74) is 1.19. The number of fused-ring (bicyclic) bond motifs is 1. The number of piperazine rings is 1. The van der Waals surface area contributed by atoms with Crippen molar-refractivity contribution in [3.8, 4) is 5.75 Å². The first kappa shape index (κ1) is 19.1. The quantitative estimate of drug-likeness (QED) is 0.758. The predicted octanol–water partition coefficient (Wildman–Crippen LogP) is 1.36. The minimum Gasteiger partial charge on any atom is -0.480 e. The van der Waals surface area contributed by atoms with Gasteiger partial charge in [0.05, 0.1) is 13.2 Å². The Morgan fingerprint density at radius 3 is 2.60 bits per heavy atom. The van der Waals surface area contributed by atoms with Gasteiger partial charge in [-0.2, -0.15) is 4.98 Å². The van der Waals surface area contributed by atoms with Crippen molar-refractivity contribution in [1.82, 2.24) is 14.9 Å². The second-order valence-corrected chi connectivity index (χ2v) is 7.88. The number of hydrogen-bond donors (Lipinski definition) is 0. The molecule has 5 rings (SSSR count). The molecule has 0 N–H and O–H groups in total. The summed E-state index contributed by atoms with van der Waals surface area (Å²) in [5.74, 6) is 2.61. The van der Waals surface area contributed by atoms with Crippen molar-refractivity contribution in [2.75, 3.05) is 62.3 Å². The van der Waals surface area contributed by atoms with Crippen molar-refractivity contribution in [3.05, 3.63) is 42.1 Å². The summed E-state index contributed by atoms with van der Waals surface area (Å²) in [4.78, 5) is 28.5. The molecule has 158 valence electrons. The Labute approximate surface area is 176 Å². The number of aryl methyl sites for hydroxylation is 1. The molecule has 0 radical (unpaired) electrons. The average molecular weight is 409 g/mol. The number of anilines is 2. The lowest BCUT2D eigenvalue weighted by molar-refractivity contribution is -0.139. The summed E-state index contributed by atoms with van der Waals surface area (Å²) in [6.07, 6.45) is 3.07. The van der Waals surface area contributed by atoms with Crippen molar-refractivity contribution in [1.29, 1.82) is 0 Å². The van der Waals surface area contributed by atoms with Gasteiger partial charge in [0.25, 0.3) is 5.91 Å². The molecular formula is C22H27N5O3. The van der Waals surface area contributed by atoms with Gasteiger partial charge >= 0.3 is 0 Å². The standard InChI is InChI=1S/C22H27N5O3/c28-21(19-6-5-17-3-1-2-4-18(17)30-19)26-11-9-25(10-12-26)20-7-8-23-22(24-20)27-13-15-29-16-14-27/h1-4,7-8,19H,5-6,9-16H2. The summed E-state index contributed by atoms with van der Waals surface area (Å²) in [6, 6.07) is 9.94. The third-order valence-electron chi connectivity index (χ3n) is 6.03. The van der Waals surface area contributed by atoms with E-state index in [2.05, 4.69) is 20.9 Å². The Morgan fingerprint density at radius 1 is 0.967 bits per heavy atom. The molecule has 2 aromatic rings. The number of morpholine rings is 1. The number of nitrogens with zero attached hydrogens (tertiary/aromatic N) is 5. The minimum absolute atomic E-state index is 0.0980. The van der Waals surface area contributed by atoms with Crippen molar-refractivity contribution in [2.24, 2.45) is 0 Å². The number of amides is 1. The topological polar surface area (TPSA) is 71.0 Å². The molecule has 8 nitrogen and oxygen atoms in total. The molecule has 0 saturated carbocycles. The third-order valence-corrected chi connectivity index (χ3v) is 6.03. The number of para-hydroxylation sites is 1. The predicted molar refractivity (Wildman–Crippen MR) is 113 cm³/mol. The highest BCUT2D eigenvalue weighted by molar-refractivity contribution is 5.82. The van der Waals surface area contributed by atoms with Crippen molar-refractivity contribution in [3.63, 3.8) is 0 Å². The number of rotatable bonds is 3. The van der Waals surface area contributed by atoms with Crippen LogP contribution in [0.25, 0.3) is 0 Å². The fourth-order valence-corrected chi connectivity index (χ4v) is 4.29. The van der Waals surface area contributed by atoms with Crippen LogP contribution in [0.3, 0.4) is 0 Å². The Bertz CT molecular complexity index is 894. The summed E-state index contributed by atoms with van der Waals surface area (Å²) in [5, 5.41) is 0. The van der Waals surface area contributed by atoms with Gasteiger partial charge < -0.3 is 24.2 Å². The fourth-order valence-electron chi connectivity index (χ4n) is 4.29. The molecule has 3 aliphatic rings. The van der Waals surface area contributed by atoms with E-state index < -0.39 is 0 Å².